The molecule has 1 fully saturated rings. The van der Waals surface area contributed by atoms with Gasteiger partial charge < -0.3 is 9.47 Å². The predicted molar refractivity (Wildman–Crippen MR) is 46.8 cm³/mol. The van der Waals surface area contributed by atoms with E-state index >= 15 is 0 Å². The fraction of sp³-hybridized carbons (Fsp3) is 1.00. The van der Waals surface area contributed by atoms with Gasteiger partial charge in [0.05, 0.1) is 25.9 Å². The maximum atomic E-state index is 5.39. The lowest BCUT2D eigenvalue weighted by molar-refractivity contribution is -0.0906. The van der Waals surface area contributed by atoms with Crippen LogP contribution in [0.3, 0.4) is 0 Å². The Morgan fingerprint density at radius 1 is 1.27 bits per heavy atom. The monoisotopic (exact) mass is 160 g/mol. The van der Waals surface area contributed by atoms with Gasteiger partial charge in [0.25, 0.3) is 0 Å². The molecule has 2 heteroatoms. The van der Waals surface area contributed by atoms with Crippen LogP contribution in [0, 0.1) is 0 Å². The maximum absolute atomic E-state index is 5.39. The van der Waals surface area contributed by atoms with Crippen molar-refractivity contribution in [3.63, 3.8) is 0 Å². The molecule has 68 valence electrons. The zero-order chi connectivity index (χ0) is 8.53. The Labute approximate surface area is 69.9 Å². The van der Waals surface area contributed by atoms with Gasteiger partial charge in [-0.1, -0.05) is 27.2 Å². The molecule has 11 heavy (non-hydrogen) atoms. The van der Waals surface area contributed by atoms with Crippen molar-refractivity contribution in [2.24, 2.45) is 0 Å². The molecular weight excluding hydrogens is 140 g/mol. The van der Waals surface area contributed by atoms with E-state index in [1.54, 1.807) is 0 Å². The van der Waals surface area contributed by atoms with E-state index in [4.69, 9.17) is 9.47 Å². The molecule has 1 atom stereocenters. The van der Waals surface area contributed by atoms with E-state index < -0.39 is 0 Å². The summed E-state index contributed by atoms with van der Waals surface area (Å²) in [5.74, 6) is 0. The number of hydrogen-bond acceptors (Lipinski definition) is 2. The molecule has 0 saturated carbocycles. The summed E-state index contributed by atoms with van der Waals surface area (Å²) in [7, 11) is 0. The van der Waals surface area contributed by atoms with Crippen LogP contribution >= 0.6 is 0 Å². The lowest BCUT2D eigenvalue weighted by Gasteiger charge is -2.21. The van der Waals surface area contributed by atoms with Gasteiger partial charge in [-0.15, -0.1) is 0 Å². The van der Waals surface area contributed by atoms with Gasteiger partial charge in [0, 0.05) is 0 Å². The Morgan fingerprint density at radius 3 is 2.45 bits per heavy atom. The van der Waals surface area contributed by atoms with Crippen LogP contribution in [0.5, 0.6) is 0 Å². The first kappa shape index (κ1) is 10.9. The van der Waals surface area contributed by atoms with Crippen LogP contribution in [-0.2, 0) is 9.47 Å². The van der Waals surface area contributed by atoms with Gasteiger partial charge in [0.2, 0.25) is 0 Å². The minimum atomic E-state index is 0.378. The van der Waals surface area contributed by atoms with Gasteiger partial charge in [-0.25, -0.2) is 0 Å². The Kier molecular flexibility index (Phi) is 7.96. The van der Waals surface area contributed by atoms with Crippen molar-refractivity contribution in [1.82, 2.24) is 0 Å². The van der Waals surface area contributed by atoms with E-state index in [-0.39, 0.29) is 0 Å². The molecule has 0 aliphatic carbocycles. The summed E-state index contributed by atoms with van der Waals surface area (Å²) in [5.41, 5.74) is 0. The Hall–Kier alpha value is -0.0800. The van der Waals surface area contributed by atoms with Gasteiger partial charge in [0.1, 0.15) is 0 Å². The first-order chi connectivity index (χ1) is 5.43. The van der Waals surface area contributed by atoms with Gasteiger partial charge in [-0.2, -0.15) is 0 Å². The van der Waals surface area contributed by atoms with E-state index in [9.17, 15) is 0 Å². The molecule has 1 rings (SSSR count). The molecule has 0 aromatic heterocycles. The van der Waals surface area contributed by atoms with E-state index in [0.29, 0.717) is 6.10 Å². The third-order valence-corrected chi connectivity index (χ3v) is 1.50. The highest BCUT2D eigenvalue weighted by Gasteiger charge is 2.11. The standard InChI is InChI=1S/C7H14O2.C2H6/c1-2-3-7-6-8-4-5-9-7;1-2/h7H,2-6H2,1H3;1-2H3. The molecule has 1 heterocycles. The van der Waals surface area contributed by atoms with Gasteiger partial charge in [-0.05, 0) is 6.42 Å². The average Bonchev–Trinajstić information content (AvgIpc) is 2.11. The third kappa shape index (κ3) is 5.22. The van der Waals surface area contributed by atoms with Gasteiger partial charge in [-0.3, -0.25) is 0 Å². The van der Waals surface area contributed by atoms with Crippen molar-refractivity contribution < 1.29 is 9.47 Å². The number of ether oxygens (including phenoxy) is 2. The van der Waals surface area contributed by atoms with E-state index in [2.05, 4.69) is 6.92 Å². The summed E-state index contributed by atoms with van der Waals surface area (Å²) in [6.07, 6.45) is 2.71. The molecular formula is C9H20O2. The second kappa shape index (κ2) is 8.02. The molecule has 0 bridgehead atoms. The van der Waals surface area contributed by atoms with Crippen molar-refractivity contribution in [3.05, 3.63) is 0 Å². The highest BCUT2D eigenvalue weighted by atomic mass is 16.6. The van der Waals surface area contributed by atoms with Crippen LogP contribution in [-0.4, -0.2) is 25.9 Å². The number of rotatable bonds is 2. The van der Waals surface area contributed by atoms with Crippen LogP contribution < -0.4 is 0 Å². The highest BCUT2D eigenvalue weighted by molar-refractivity contribution is 4.58. The van der Waals surface area contributed by atoms with Gasteiger partial charge >= 0.3 is 0 Å². The van der Waals surface area contributed by atoms with Crippen molar-refractivity contribution in [3.8, 4) is 0 Å². The van der Waals surface area contributed by atoms with E-state index in [0.717, 1.165) is 26.2 Å². The quantitative estimate of drug-likeness (QED) is 0.616. The molecule has 1 saturated heterocycles. The summed E-state index contributed by atoms with van der Waals surface area (Å²) < 4.78 is 10.6. The zero-order valence-electron chi connectivity index (χ0n) is 7.93. The fourth-order valence-electron chi connectivity index (χ4n) is 1.03. The zero-order valence-corrected chi connectivity index (χ0v) is 7.93. The molecule has 2 nitrogen and oxygen atoms in total. The molecule has 1 aliphatic rings. The predicted octanol–water partition coefficient (Wildman–Crippen LogP) is 2.23. The smallest absolute Gasteiger partial charge is 0.0809 e. The SMILES string of the molecule is CC.CCCC1COCCO1. The summed E-state index contributed by atoms with van der Waals surface area (Å²) in [6, 6.07) is 0. The first-order valence-corrected chi connectivity index (χ1v) is 4.63. The van der Waals surface area contributed by atoms with Crippen LogP contribution in [0.4, 0.5) is 0 Å². The van der Waals surface area contributed by atoms with Crippen molar-refractivity contribution in [1.29, 1.82) is 0 Å². The third-order valence-electron chi connectivity index (χ3n) is 1.50. The normalized spacial score (nSPS) is 23.7. The van der Waals surface area contributed by atoms with Crippen molar-refractivity contribution >= 4 is 0 Å². The average molecular weight is 160 g/mol. The second-order valence-electron chi connectivity index (χ2n) is 2.36. The summed E-state index contributed by atoms with van der Waals surface area (Å²) in [6.45, 7) is 8.52. The van der Waals surface area contributed by atoms with E-state index in [1.165, 1.54) is 6.42 Å². The molecule has 0 spiro atoms. The Bertz CT molecular complexity index is 65.2. The van der Waals surface area contributed by atoms with Crippen LogP contribution in [0.25, 0.3) is 0 Å². The fourth-order valence-corrected chi connectivity index (χ4v) is 1.03. The highest BCUT2D eigenvalue weighted by Crippen LogP contribution is 2.06. The molecule has 1 unspecified atom stereocenters. The van der Waals surface area contributed by atoms with Crippen LogP contribution in [0.2, 0.25) is 0 Å². The lowest BCUT2D eigenvalue weighted by atomic mass is 10.2. The molecule has 0 N–H and O–H groups in total. The maximum Gasteiger partial charge on any atom is 0.0809 e. The molecule has 0 radical (unpaired) electrons. The largest absolute Gasteiger partial charge is 0.376 e. The van der Waals surface area contributed by atoms with Gasteiger partial charge in [0.15, 0.2) is 0 Å². The summed E-state index contributed by atoms with van der Waals surface area (Å²) in [4.78, 5) is 0. The van der Waals surface area contributed by atoms with Crippen molar-refractivity contribution in [2.45, 2.75) is 39.7 Å². The summed E-state index contributed by atoms with van der Waals surface area (Å²) in [5, 5.41) is 0. The molecule has 0 aromatic carbocycles. The Balaban J connectivity index is 0.000000461. The van der Waals surface area contributed by atoms with Crippen LogP contribution in [0.15, 0.2) is 0 Å². The van der Waals surface area contributed by atoms with Crippen LogP contribution in [0.1, 0.15) is 33.6 Å². The van der Waals surface area contributed by atoms with Crippen molar-refractivity contribution in [2.75, 3.05) is 19.8 Å². The molecule has 1 aliphatic heterocycles. The first-order valence-electron chi connectivity index (χ1n) is 4.63. The minimum absolute atomic E-state index is 0.378. The molecule has 0 aromatic rings. The minimum Gasteiger partial charge on any atom is -0.376 e. The Morgan fingerprint density at radius 2 is 2.00 bits per heavy atom. The topological polar surface area (TPSA) is 18.5 Å². The second-order valence-corrected chi connectivity index (χ2v) is 2.36. The lowest BCUT2D eigenvalue weighted by Crippen LogP contribution is -2.28. The summed E-state index contributed by atoms with van der Waals surface area (Å²) >= 11 is 0. The number of hydrogen-bond donors (Lipinski definition) is 0. The van der Waals surface area contributed by atoms with E-state index in [1.807, 2.05) is 13.8 Å². The molecule has 0 amide bonds.